The number of ether oxygens (including phenoxy) is 3. The van der Waals surface area contributed by atoms with Crippen molar-refractivity contribution >= 4 is 23.9 Å². The molecule has 3 heterocycles. The summed E-state index contributed by atoms with van der Waals surface area (Å²) in [6.07, 6.45) is 6.75. The topological polar surface area (TPSA) is 176 Å². The van der Waals surface area contributed by atoms with E-state index in [2.05, 4.69) is 20.3 Å². The number of piperidine rings is 2. The number of nitrogens with one attached hydrogen (secondary N) is 1. The zero-order valence-corrected chi connectivity index (χ0v) is 28.7. The number of rotatable bonds is 12. The van der Waals surface area contributed by atoms with Gasteiger partial charge in [0, 0.05) is 43.7 Å². The van der Waals surface area contributed by atoms with E-state index in [0.29, 0.717) is 62.7 Å². The first-order valence-electron chi connectivity index (χ1n) is 16.5. The Morgan fingerprint density at radius 3 is 2.38 bits per heavy atom. The SMILES string of the molecule is CC(C)(C)OC(=O)C[C@H](NC(=O)[C@@H]1CCCN(C(=O)CCC2CCN(C(=O)OC(C)(C)C)CC2)C1)c1cncc(OCCN=[N+]=[N-])c1. The number of nitrogens with zero attached hydrogens (tertiary/aromatic N) is 6. The number of azide groups is 1. The van der Waals surface area contributed by atoms with Gasteiger partial charge in [0.2, 0.25) is 11.8 Å². The van der Waals surface area contributed by atoms with Crippen molar-refractivity contribution < 1.29 is 33.4 Å². The zero-order chi connectivity index (χ0) is 34.6. The average molecular weight is 658 g/mol. The molecule has 260 valence electrons. The van der Waals surface area contributed by atoms with Crippen molar-refractivity contribution in [3.8, 4) is 5.75 Å². The Morgan fingerprint density at radius 1 is 1.02 bits per heavy atom. The lowest BCUT2D eigenvalue weighted by atomic mass is 9.91. The van der Waals surface area contributed by atoms with E-state index in [1.807, 2.05) is 20.8 Å². The molecule has 0 radical (unpaired) electrons. The Morgan fingerprint density at radius 2 is 1.72 bits per heavy atom. The maximum Gasteiger partial charge on any atom is 0.410 e. The van der Waals surface area contributed by atoms with Crippen LogP contribution in [0.5, 0.6) is 5.75 Å². The van der Waals surface area contributed by atoms with Crippen LogP contribution in [-0.4, -0.2) is 89.2 Å². The van der Waals surface area contributed by atoms with Gasteiger partial charge < -0.3 is 29.3 Å². The monoisotopic (exact) mass is 657 g/mol. The minimum atomic E-state index is -0.733. The average Bonchev–Trinajstić information content (AvgIpc) is 3.00. The number of carbonyl (C=O) groups excluding carboxylic acids is 4. The molecule has 0 aromatic carbocycles. The number of likely N-dealkylation sites (tertiary alicyclic amines) is 2. The van der Waals surface area contributed by atoms with Crippen molar-refractivity contribution in [3.63, 3.8) is 0 Å². The molecule has 14 nitrogen and oxygen atoms in total. The van der Waals surface area contributed by atoms with E-state index in [9.17, 15) is 19.2 Å². The van der Waals surface area contributed by atoms with Gasteiger partial charge in [-0.05, 0) is 96.7 Å². The van der Waals surface area contributed by atoms with Crippen molar-refractivity contribution in [2.45, 2.75) is 104 Å². The van der Waals surface area contributed by atoms with E-state index in [0.717, 1.165) is 19.3 Å². The summed E-state index contributed by atoms with van der Waals surface area (Å²) in [6.45, 7) is 13.3. The van der Waals surface area contributed by atoms with E-state index in [1.165, 1.54) is 6.20 Å². The lowest BCUT2D eigenvalue weighted by Gasteiger charge is -2.35. The van der Waals surface area contributed by atoms with Crippen LogP contribution in [0.1, 0.15) is 98.1 Å². The van der Waals surface area contributed by atoms with Crippen molar-refractivity contribution in [3.05, 3.63) is 34.5 Å². The highest BCUT2D eigenvalue weighted by molar-refractivity contribution is 5.82. The van der Waals surface area contributed by atoms with Gasteiger partial charge in [0.05, 0.1) is 37.7 Å². The normalized spacial score (nSPS) is 18.0. The van der Waals surface area contributed by atoms with Crippen LogP contribution in [0, 0.1) is 11.8 Å². The second-order valence-corrected chi connectivity index (χ2v) is 14.2. The van der Waals surface area contributed by atoms with E-state index >= 15 is 0 Å². The highest BCUT2D eigenvalue weighted by Crippen LogP contribution is 2.27. The van der Waals surface area contributed by atoms with E-state index in [-0.39, 0.29) is 37.5 Å². The number of hydrogen-bond acceptors (Lipinski definition) is 9. The second kappa shape index (κ2) is 17.2. The molecular formula is C33H51N7O7. The molecule has 1 N–H and O–H groups in total. The number of esters is 1. The Kier molecular flexibility index (Phi) is 13.7. The molecule has 2 fully saturated rings. The van der Waals surface area contributed by atoms with Gasteiger partial charge >= 0.3 is 12.1 Å². The maximum atomic E-state index is 13.6. The van der Waals surface area contributed by atoms with Gasteiger partial charge in [0.1, 0.15) is 17.0 Å². The largest absolute Gasteiger partial charge is 0.492 e. The first kappa shape index (κ1) is 37.4. The molecule has 2 atom stereocenters. The molecule has 3 amide bonds. The predicted octanol–water partition coefficient (Wildman–Crippen LogP) is 5.33. The van der Waals surface area contributed by atoms with Gasteiger partial charge in [0.15, 0.2) is 0 Å². The Hall–Kier alpha value is -4.06. The van der Waals surface area contributed by atoms with Gasteiger partial charge in [0.25, 0.3) is 0 Å². The Labute approximate surface area is 277 Å². The fourth-order valence-electron chi connectivity index (χ4n) is 5.68. The third-order valence-electron chi connectivity index (χ3n) is 7.94. The molecule has 3 rings (SSSR count). The molecule has 2 saturated heterocycles. The fraction of sp³-hybridized carbons (Fsp3) is 0.727. The van der Waals surface area contributed by atoms with Crippen LogP contribution in [0.25, 0.3) is 10.4 Å². The maximum absolute atomic E-state index is 13.6. The summed E-state index contributed by atoms with van der Waals surface area (Å²) in [7, 11) is 0. The third-order valence-corrected chi connectivity index (χ3v) is 7.94. The van der Waals surface area contributed by atoms with Crippen molar-refractivity contribution in [2.75, 3.05) is 39.3 Å². The molecule has 0 spiro atoms. The molecule has 0 unspecified atom stereocenters. The first-order valence-corrected chi connectivity index (χ1v) is 16.5. The zero-order valence-electron chi connectivity index (χ0n) is 28.7. The lowest BCUT2D eigenvalue weighted by Crippen LogP contribution is -2.46. The highest BCUT2D eigenvalue weighted by Gasteiger charge is 2.32. The smallest absolute Gasteiger partial charge is 0.410 e. The summed E-state index contributed by atoms with van der Waals surface area (Å²) >= 11 is 0. The number of aromatic nitrogens is 1. The van der Waals surface area contributed by atoms with Crippen LogP contribution >= 0.6 is 0 Å². The van der Waals surface area contributed by atoms with E-state index in [4.69, 9.17) is 19.7 Å². The molecule has 2 aliphatic heterocycles. The number of carbonyl (C=O) groups is 4. The molecule has 14 heteroatoms. The van der Waals surface area contributed by atoms with Crippen molar-refractivity contribution in [1.29, 1.82) is 0 Å². The van der Waals surface area contributed by atoms with Gasteiger partial charge in [-0.3, -0.25) is 19.4 Å². The summed E-state index contributed by atoms with van der Waals surface area (Å²) in [6, 6.07) is 0.954. The fourth-order valence-corrected chi connectivity index (χ4v) is 5.68. The van der Waals surface area contributed by atoms with Crippen LogP contribution in [-0.2, 0) is 23.9 Å². The van der Waals surface area contributed by atoms with E-state index < -0.39 is 29.1 Å². The highest BCUT2D eigenvalue weighted by atomic mass is 16.6. The van der Waals surface area contributed by atoms with Crippen LogP contribution in [0.2, 0.25) is 0 Å². The molecular weight excluding hydrogens is 606 g/mol. The molecule has 1 aromatic rings. The summed E-state index contributed by atoms with van der Waals surface area (Å²) < 4.78 is 16.6. The molecule has 0 aliphatic carbocycles. The molecule has 0 bridgehead atoms. The van der Waals surface area contributed by atoms with Crippen LogP contribution in [0.3, 0.4) is 0 Å². The Bertz CT molecular complexity index is 1280. The minimum Gasteiger partial charge on any atom is -0.492 e. The predicted molar refractivity (Wildman–Crippen MR) is 174 cm³/mol. The van der Waals surface area contributed by atoms with Gasteiger partial charge in [-0.25, -0.2) is 4.79 Å². The number of amides is 3. The van der Waals surface area contributed by atoms with Gasteiger partial charge in [-0.15, -0.1) is 0 Å². The van der Waals surface area contributed by atoms with Crippen molar-refractivity contribution in [1.82, 2.24) is 20.1 Å². The van der Waals surface area contributed by atoms with Crippen molar-refractivity contribution in [2.24, 2.45) is 17.0 Å². The van der Waals surface area contributed by atoms with Gasteiger partial charge in [-0.1, -0.05) is 5.11 Å². The molecule has 47 heavy (non-hydrogen) atoms. The summed E-state index contributed by atoms with van der Waals surface area (Å²) in [4.78, 5) is 62.4. The van der Waals surface area contributed by atoms with Crippen LogP contribution in [0.15, 0.2) is 23.6 Å². The lowest BCUT2D eigenvalue weighted by molar-refractivity contribution is -0.155. The second-order valence-electron chi connectivity index (χ2n) is 14.2. The quantitative estimate of drug-likeness (QED) is 0.103. The van der Waals surface area contributed by atoms with Crippen LogP contribution < -0.4 is 10.1 Å². The number of pyridine rings is 1. The molecule has 0 saturated carbocycles. The summed E-state index contributed by atoms with van der Waals surface area (Å²) in [5.74, 6) is -0.374. The van der Waals surface area contributed by atoms with Crippen LogP contribution in [0.4, 0.5) is 4.79 Å². The molecule has 1 aromatic heterocycles. The molecule has 2 aliphatic rings. The summed E-state index contributed by atoms with van der Waals surface area (Å²) in [5.41, 5.74) is 7.81. The third kappa shape index (κ3) is 13.3. The standard InChI is InChI=1S/C33H51N7O7/c1-32(2,3)46-29(42)19-27(25-18-26(21-35-20-25)45-17-13-36-38-34)37-30(43)24-8-7-14-40(22-24)28(41)10-9-23-11-15-39(16-12-23)31(44)47-33(4,5)6/h18,20-21,23-24,27H,7-17,19,22H2,1-6H3,(H,37,43)/t24-,27+/m1/s1. The number of hydrogen-bond donors (Lipinski definition) is 1. The van der Waals surface area contributed by atoms with E-state index in [1.54, 1.807) is 42.8 Å². The minimum absolute atomic E-state index is 0.0251. The van der Waals surface area contributed by atoms with Gasteiger partial charge in [-0.2, -0.15) is 0 Å². The summed E-state index contributed by atoms with van der Waals surface area (Å²) in [5, 5.41) is 6.46. The first-order chi connectivity index (χ1) is 22.1. The Balaban J connectivity index is 1.57.